The van der Waals surface area contributed by atoms with Gasteiger partial charge < -0.3 is 14.7 Å². The minimum absolute atomic E-state index is 0.129. The van der Waals surface area contributed by atoms with Crippen molar-refractivity contribution in [2.45, 2.75) is 12.3 Å². The first-order chi connectivity index (χ1) is 14.0. The first-order valence-corrected chi connectivity index (χ1v) is 9.64. The zero-order chi connectivity index (χ0) is 20.3. The molecule has 7 heteroatoms. The number of hydrogen-bond acceptors (Lipinski definition) is 3. The molecule has 0 aliphatic carbocycles. The lowest BCUT2D eigenvalue weighted by Crippen LogP contribution is -2.25. The van der Waals surface area contributed by atoms with Crippen molar-refractivity contribution in [3.8, 4) is 17.1 Å². The van der Waals surface area contributed by atoms with Gasteiger partial charge in [-0.05, 0) is 30.3 Å². The van der Waals surface area contributed by atoms with E-state index < -0.39 is 5.92 Å². The molecule has 4 aromatic rings. The number of ether oxygens (including phenoxy) is 1. The van der Waals surface area contributed by atoms with Crippen molar-refractivity contribution in [3.63, 3.8) is 0 Å². The average molecular weight is 408 g/mol. The molecule has 0 radical (unpaired) electrons. The molecule has 0 saturated carbocycles. The molecule has 0 spiro atoms. The standard InChI is InChI=1S/C22H18ClN3O3/c1-26-17(27)10-14(22(26)28)18-13-9-11(23)7-8-16(13)24-19(18)20-21(29-2)12-5-3-4-6-15(12)25-20/h3-9,14,24-25H,10H2,1-2H3. The molecule has 1 fully saturated rings. The molecule has 1 aliphatic rings. The number of para-hydroxylation sites is 1. The highest BCUT2D eigenvalue weighted by Crippen LogP contribution is 2.45. The summed E-state index contributed by atoms with van der Waals surface area (Å²) in [6, 6.07) is 13.3. The number of nitrogens with zero attached hydrogens (tertiary/aromatic N) is 1. The number of benzene rings is 2. The monoisotopic (exact) mass is 407 g/mol. The van der Waals surface area contributed by atoms with Crippen molar-refractivity contribution in [2.24, 2.45) is 0 Å². The molecule has 2 N–H and O–H groups in total. The number of rotatable bonds is 3. The SMILES string of the molecule is COc1c(-c2[nH]c3ccc(Cl)cc3c2C2CC(=O)N(C)C2=O)[nH]c2ccccc12. The van der Waals surface area contributed by atoms with Gasteiger partial charge >= 0.3 is 0 Å². The lowest BCUT2D eigenvalue weighted by molar-refractivity contribution is -0.137. The Kier molecular flexibility index (Phi) is 3.93. The molecule has 29 heavy (non-hydrogen) atoms. The maximum absolute atomic E-state index is 12.9. The van der Waals surface area contributed by atoms with Gasteiger partial charge in [0.1, 0.15) is 5.69 Å². The van der Waals surface area contributed by atoms with Gasteiger partial charge in [-0.25, -0.2) is 0 Å². The fraction of sp³-hybridized carbons (Fsp3) is 0.182. The van der Waals surface area contributed by atoms with Crippen LogP contribution >= 0.6 is 11.6 Å². The van der Waals surface area contributed by atoms with Crippen LogP contribution in [0, 0.1) is 0 Å². The van der Waals surface area contributed by atoms with Gasteiger partial charge in [-0.3, -0.25) is 14.5 Å². The number of amides is 2. The second kappa shape index (κ2) is 6.39. The van der Waals surface area contributed by atoms with Gasteiger partial charge in [0.05, 0.1) is 18.7 Å². The lowest BCUT2D eigenvalue weighted by atomic mass is 9.93. The van der Waals surface area contributed by atoms with E-state index in [2.05, 4.69) is 9.97 Å². The van der Waals surface area contributed by atoms with Crippen LogP contribution in [0.3, 0.4) is 0 Å². The summed E-state index contributed by atoms with van der Waals surface area (Å²) in [7, 11) is 3.14. The van der Waals surface area contributed by atoms with Gasteiger partial charge in [0.15, 0.2) is 5.75 Å². The smallest absolute Gasteiger partial charge is 0.237 e. The number of nitrogens with one attached hydrogen (secondary N) is 2. The van der Waals surface area contributed by atoms with E-state index in [0.717, 1.165) is 38.8 Å². The quantitative estimate of drug-likeness (QED) is 0.492. The van der Waals surface area contributed by atoms with Crippen LogP contribution < -0.4 is 4.74 Å². The van der Waals surface area contributed by atoms with Crippen LogP contribution in [0.5, 0.6) is 5.75 Å². The normalized spacial score (nSPS) is 17.1. The van der Waals surface area contributed by atoms with E-state index in [0.29, 0.717) is 10.8 Å². The Morgan fingerprint density at radius 2 is 1.76 bits per heavy atom. The summed E-state index contributed by atoms with van der Waals surface area (Å²) < 4.78 is 5.72. The third-order valence-corrected chi connectivity index (χ3v) is 5.88. The van der Waals surface area contributed by atoms with Crippen LogP contribution in [-0.2, 0) is 9.59 Å². The Morgan fingerprint density at radius 3 is 2.48 bits per heavy atom. The van der Waals surface area contributed by atoms with Crippen LogP contribution in [0.25, 0.3) is 33.2 Å². The number of hydrogen-bond donors (Lipinski definition) is 2. The van der Waals surface area contributed by atoms with Crippen LogP contribution in [0.4, 0.5) is 0 Å². The third kappa shape index (κ3) is 2.56. The van der Waals surface area contributed by atoms with E-state index in [-0.39, 0.29) is 18.2 Å². The minimum Gasteiger partial charge on any atom is -0.494 e. The number of aromatic amines is 2. The first kappa shape index (κ1) is 17.8. The number of likely N-dealkylation sites (tertiary alicyclic amines) is 1. The maximum Gasteiger partial charge on any atom is 0.237 e. The molecule has 146 valence electrons. The number of imide groups is 1. The molecule has 1 aliphatic heterocycles. The van der Waals surface area contributed by atoms with Crippen LogP contribution in [-0.4, -0.2) is 40.8 Å². The second-order valence-corrected chi connectivity index (χ2v) is 7.67. The predicted molar refractivity (Wildman–Crippen MR) is 112 cm³/mol. The molecular weight excluding hydrogens is 390 g/mol. The fourth-order valence-corrected chi connectivity index (χ4v) is 4.40. The number of likely N-dealkylation sites (N-methyl/N-ethyl adjacent to an activating group) is 1. The number of methoxy groups -OCH3 is 1. The molecule has 2 aromatic heterocycles. The number of halogens is 1. The summed E-state index contributed by atoms with van der Waals surface area (Å²) in [6.07, 6.45) is 0.129. The Bertz CT molecular complexity index is 1300. The van der Waals surface area contributed by atoms with Crippen molar-refractivity contribution in [3.05, 3.63) is 53.1 Å². The van der Waals surface area contributed by atoms with Crippen LogP contribution in [0.1, 0.15) is 17.9 Å². The highest BCUT2D eigenvalue weighted by Gasteiger charge is 2.40. The molecule has 1 saturated heterocycles. The average Bonchev–Trinajstić information content (AvgIpc) is 3.35. The predicted octanol–water partition coefficient (Wildman–Crippen LogP) is 4.45. The van der Waals surface area contributed by atoms with Crippen molar-refractivity contribution in [1.29, 1.82) is 0 Å². The summed E-state index contributed by atoms with van der Waals surface area (Å²) in [5, 5.41) is 2.34. The van der Waals surface area contributed by atoms with Gasteiger partial charge in [0.2, 0.25) is 11.8 Å². The van der Waals surface area contributed by atoms with Gasteiger partial charge in [-0.15, -0.1) is 0 Å². The summed E-state index contributed by atoms with van der Waals surface area (Å²) in [5.74, 6) is -0.298. The van der Waals surface area contributed by atoms with Gasteiger partial charge in [0, 0.05) is 45.9 Å². The van der Waals surface area contributed by atoms with Crippen LogP contribution in [0.2, 0.25) is 5.02 Å². The molecule has 2 aromatic carbocycles. The van der Waals surface area contributed by atoms with E-state index in [1.165, 1.54) is 11.9 Å². The van der Waals surface area contributed by atoms with Crippen molar-refractivity contribution >= 4 is 45.2 Å². The number of carbonyl (C=O) groups is 2. The Morgan fingerprint density at radius 1 is 1.03 bits per heavy atom. The van der Waals surface area contributed by atoms with Gasteiger partial charge in [-0.1, -0.05) is 23.7 Å². The summed E-state index contributed by atoms with van der Waals surface area (Å²) in [4.78, 5) is 33.1. The topological polar surface area (TPSA) is 78.2 Å². The second-order valence-electron chi connectivity index (χ2n) is 7.23. The van der Waals surface area contributed by atoms with E-state index >= 15 is 0 Å². The largest absolute Gasteiger partial charge is 0.494 e. The molecular formula is C22H18ClN3O3. The van der Waals surface area contributed by atoms with Crippen molar-refractivity contribution in [1.82, 2.24) is 14.9 Å². The van der Waals surface area contributed by atoms with Crippen molar-refractivity contribution in [2.75, 3.05) is 14.2 Å². The van der Waals surface area contributed by atoms with Crippen molar-refractivity contribution < 1.29 is 14.3 Å². The zero-order valence-electron chi connectivity index (χ0n) is 15.9. The number of carbonyl (C=O) groups excluding carboxylic acids is 2. The van der Waals surface area contributed by atoms with Gasteiger partial charge in [-0.2, -0.15) is 0 Å². The van der Waals surface area contributed by atoms with E-state index in [4.69, 9.17) is 16.3 Å². The summed E-state index contributed by atoms with van der Waals surface area (Å²) in [6.45, 7) is 0. The van der Waals surface area contributed by atoms with E-state index in [1.807, 2.05) is 36.4 Å². The molecule has 2 amide bonds. The van der Waals surface area contributed by atoms with Gasteiger partial charge in [0.25, 0.3) is 0 Å². The lowest BCUT2D eigenvalue weighted by Gasteiger charge is -2.12. The first-order valence-electron chi connectivity index (χ1n) is 9.26. The highest BCUT2D eigenvalue weighted by atomic mass is 35.5. The number of fused-ring (bicyclic) bond motifs is 2. The number of aromatic nitrogens is 2. The Labute approximate surface area is 171 Å². The minimum atomic E-state index is -0.578. The Hall–Kier alpha value is -3.25. The molecule has 1 atom stereocenters. The molecule has 1 unspecified atom stereocenters. The molecule has 6 nitrogen and oxygen atoms in total. The molecule has 3 heterocycles. The third-order valence-electron chi connectivity index (χ3n) is 5.64. The fourth-order valence-electron chi connectivity index (χ4n) is 4.23. The van der Waals surface area contributed by atoms with E-state index in [9.17, 15) is 9.59 Å². The number of H-pyrrole nitrogens is 2. The zero-order valence-corrected chi connectivity index (χ0v) is 16.6. The summed E-state index contributed by atoms with van der Waals surface area (Å²) in [5.41, 5.74) is 4.00. The molecule has 5 rings (SSSR count). The molecule has 0 bridgehead atoms. The maximum atomic E-state index is 12.9. The Balaban J connectivity index is 1.84. The summed E-state index contributed by atoms with van der Waals surface area (Å²) >= 11 is 6.26. The van der Waals surface area contributed by atoms with Crippen LogP contribution in [0.15, 0.2) is 42.5 Å². The van der Waals surface area contributed by atoms with E-state index in [1.54, 1.807) is 13.2 Å². The highest BCUT2D eigenvalue weighted by molar-refractivity contribution is 6.31.